The zero-order chi connectivity index (χ0) is 13.5. The van der Waals surface area contributed by atoms with E-state index >= 15 is 0 Å². The van der Waals surface area contributed by atoms with Crippen LogP contribution >= 0.6 is 0 Å². The average molecular weight is 251 g/mol. The molecule has 1 unspecified atom stereocenters. The molecule has 0 bridgehead atoms. The SMILES string of the molecule is CCCC(CNc1cc(C(C)C)ncn1)C(=O)O. The molecule has 0 saturated heterocycles. The topological polar surface area (TPSA) is 75.1 Å². The second kappa shape index (κ2) is 6.93. The van der Waals surface area contributed by atoms with Crippen molar-refractivity contribution >= 4 is 11.8 Å². The van der Waals surface area contributed by atoms with E-state index in [1.54, 1.807) is 0 Å². The lowest BCUT2D eigenvalue weighted by Gasteiger charge is -2.13. The van der Waals surface area contributed by atoms with Crippen LogP contribution in [0.4, 0.5) is 5.82 Å². The maximum Gasteiger partial charge on any atom is 0.308 e. The number of nitrogens with zero attached hydrogens (tertiary/aromatic N) is 2. The van der Waals surface area contributed by atoms with Gasteiger partial charge in [-0.2, -0.15) is 0 Å². The first-order valence-corrected chi connectivity index (χ1v) is 6.33. The fourth-order valence-electron chi connectivity index (χ4n) is 1.67. The third-order valence-corrected chi connectivity index (χ3v) is 2.80. The summed E-state index contributed by atoms with van der Waals surface area (Å²) in [5.74, 6) is -0.106. The summed E-state index contributed by atoms with van der Waals surface area (Å²) in [7, 11) is 0. The Morgan fingerprint density at radius 2 is 2.17 bits per heavy atom. The third-order valence-electron chi connectivity index (χ3n) is 2.80. The molecular weight excluding hydrogens is 230 g/mol. The molecule has 0 saturated carbocycles. The molecule has 0 aliphatic heterocycles. The quantitative estimate of drug-likeness (QED) is 0.778. The summed E-state index contributed by atoms with van der Waals surface area (Å²) < 4.78 is 0. The predicted octanol–water partition coefficient (Wildman–Crippen LogP) is 2.51. The van der Waals surface area contributed by atoms with Gasteiger partial charge in [-0.15, -0.1) is 0 Å². The second-order valence-electron chi connectivity index (χ2n) is 4.69. The molecule has 1 atom stereocenters. The molecule has 0 aliphatic carbocycles. The van der Waals surface area contributed by atoms with E-state index in [1.807, 2.05) is 13.0 Å². The summed E-state index contributed by atoms with van der Waals surface area (Å²) in [6, 6.07) is 1.87. The lowest BCUT2D eigenvalue weighted by Crippen LogP contribution is -2.23. The molecule has 1 aromatic rings. The number of nitrogens with one attached hydrogen (secondary N) is 1. The highest BCUT2D eigenvalue weighted by Gasteiger charge is 2.16. The van der Waals surface area contributed by atoms with Gasteiger partial charge in [0.1, 0.15) is 12.1 Å². The number of carboxylic acid groups (broad SMARTS) is 1. The smallest absolute Gasteiger partial charge is 0.308 e. The van der Waals surface area contributed by atoms with E-state index in [-0.39, 0.29) is 5.92 Å². The van der Waals surface area contributed by atoms with Crippen LogP contribution in [0.15, 0.2) is 12.4 Å². The van der Waals surface area contributed by atoms with Crippen LogP contribution in [0.1, 0.15) is 45.2 Å². The molecule has 100 valence electrons. The van der Waals surface area contributed by atoms with Crippen molar-refractivity contribution in [3.63, 3.8) is 0 Å². The molecule has 0 aliphatic rings. The number of carboxylic acids is 1. The summed E-state index contributed by atoms with van der Waals surface area (Å²) in [6.45, 7) is 6.50. The van der Waals surface area contributed by atoms with Crippen LogP contribution in [0.3, 0.4) is 0 Å². The van der Waals surface area contributed by atoms with Crippen molar-refractivity contribution in [3.8, 4) is 0 Å². The standard InChI is InChI=1S/C13H21N3O2/c1-4-5-10(13(17)18)7-14-12-6-11(9(2)3)15-8-16-12/h6,8-10H,4-5,7H2,1-3H3,(H,17,18)(H,14,15,16). The van der Waals surface area contributed by atoms with Crippen molar-refractivity contribution in [1.29, 1.82) is 0 Å². The summed E-state index contributed by atoms with van der Waals surface area (Å²) in [5, 5.41) is 12.1. The van der Waals surface area contributed by atoms with E-state index in [9.17, 15) is 4.79 Å². The largest absolute Gasteiger partial charge is 0.481 e. The van der Waals surface area contributed by atoms with Crippen LogP contribution in [0, 0.1) is 5.92 Å². The first-order chi connectivity index (χ1) is 8.54. The molecule has 1 rings (SSSR count). The first kappa shape index (κ1) is 14.4. The normalized spacial score (nSPS) is 12.4. The molecule has 1 heterocycles. The monoisotopic (exact) mass is 251 g/mol. The molecule has 18 heavy (non-hydrogen) atoms. The van der Waals surface area contributed by atoms with Gasteiger partial charge in [-0.3, -0.25) is 4.79 Å². The van der Waals surface area contributed by atoms with Gasteiger partial charge in [0.05, 0.1) is 5.92 Å². The van der Waals surface area contributed by atoms with E-state index in [0.717, 1.165) is 12.1 Å². The van der Waals surface area contributed by atoms with Crippen LogP contribution in [0.2, 0.25) is 0 Å². The molecule has 1 aromatic heterocycles. The van der Waals surface area contributed by atoms with Gasteiger partial charge in [0.25, 0.3) is 0 Å². The van der Waals surface area contributed by atoms with Crippen molar-refractivity contribution in [2.45, 2.75) is 39.5 Å². The maximum atomic E-state index is 11.0. The summed E-state index contributed by atoms with van der Waals surface area (Å²) in [4.78, 5) is 19.3. The molecule has 0 spiro atoms. The molecule has 2 N–H and O–H groups in total. The number of anilines is 1. The highest BCUT2D eigenvalue weighted by molar-refractivity contribution is 5.70. The third kappa shape index (κ3) is 4.31. The molecular formula is C13H21N3O2. The van der Waals surface area contributed by atoms with Gasteiger partial charge in [0, 0.05) is 18.3 Å². The van der Waals surface area contributed by atoms with E-state index in [4.69, 9.17) is 5.11 Å². The number of hydrogen-bond donors (Lipinski definition) is 2. The number of rotatable bonds is 7. The van der Waals surface area contributed by atoms with Crippen LogP contribution in [0.25, 0.3) is 0 Å². The van der Waals surface area contributed by atoms with E-state index < -0.39 is 5.97 Å². The van der Waals surface area contributed by atoms with Crippen molar-refractivity contribution in [2.24, 2.45) is 5.92 Å². The minimum Gasteiger partial charge on any atom is -0.481 e. The lowest BCUT2D eigenvalue weighted by molar-refractivity contribution is -0.141. The fraction of sp³-hybridized carbons (Fsp3) is 0.615. The summed E-state index contributed by atoms with van der Waals surface area (Å²) in [6.07, 6.45) is 3.04. The highest BCUT2D eigenvalue weighted by Crippen LogP contribution is 2.14. The van der Waals surface area contributed by atoms with Gasteiger partial charge in [0.15, 0.2) is 0 Å². The maximum absolute atomic E-state index is 11.0. The Labute approximate surface area is 108 Å². The van der Waals surface area contributed by atoms with Gasteiger partial charge in [-0.25, -0.2) is 9.97 Å². The zero-order valence-electron chi connectivity index (χ0n) is 11.2. The molecule has 0 radical (unpaired) electrons. The minimum atomic E-state index is -0.762. The summed E-state index contributed by atoms with van der Waals surface area (Å²) in [5.41, 5.74) is 0.954. The van der Waals surface area contributed by atoms with Crippen molar-refractivity contribution in [2.75, 3.05) is 11.9 Å². The number of hydrogen-bond acceptors (Lipinski definition) is 4. The number of aliphatic carboxylic acids is 1. The average Bonchev–Trinajstić information content (AvgIpc) is 2.34. The number of carbonyl (C=O) groups is 1. The second-order valence-corrected chi connectivity index (χ2v) is 4.69. The Balaban J connectivity index is 2.61. The molecule has 5 nitrogen and oxygen atoms in total. The Morgan fingerprint density at radius 1 is 1.44 bits per heavy atom. The Bertz CT molecular complexity index is 394. The van der Waals surface area contributed by atoms with E-state index in [1.165, 1.54) is 6.33 Å². The van der Waals surface area contributed by atoms with Gasteiger partial charge >= 0.3 is 5.97 Å². The van der Waals surface area contributed by atoms with E-state index in [0.29, 0.717) is 24.7 Å². The van der Waals surface area contributed by atoms with Crippen molar-refractivity contribution in [3.05, 3.63) is 18.1 Å². The van der Waals surface area contributed by atoms with Crippen molar-refractivity contribution in [1.82, 2.24) is 9.97 Å². The fourth-order valence-corrected chi connectivity index (χ4v) is 1.67. The van der Waals surface area contributed by atoms with Crippen LogP contribution in [-0.2, 0) is 4.79 Å². The van der Waals surface area contributed by atoms with Crippen LogP contribution < -0.4 is 5.32 Å². The number of aromatic nitrogens is 2. The van der Waals surface area contributed by atoms with Crippen LogP contribution in [0.5, 0.6) is 0 Å². The lowest BCUT2D eigenvalue weighted by atomic mass is 10.0. The van der Waals surface area contributed by atoms with Gasteiger partial charge < -0.3 is 10.4 Å². The van der Waals surface area contributed by atoms with E-state index in [2.05, 4.69) is 29.1 Å². The van der Waals surface area contributed by atoms with Gasteiger partial charge in [-0.05, 0) is 12.3 Å². The van der Waals surface area contributed by atoms with Crippen molar-refractivity contribution < 1.29 is 9.90 Å². The minimum absolute atomic E-state index is 0.333. The van der Waals surface area contributed by atoms with Crippen LogP contribution in [-0.4, -0.2) is 27.6 Å². The molecule has 5 heteroatoms. The summed E-state index contributed by atoms with van der Waals surface area (Å²) >= 11 is 0. The highest BCUT2D eigenvalue weighted by atomic mass is 16.4. The Morgan fingerprint density at radius 3 is 2.72 bits per heavy atom. The Kier molecular flexibility index (Phi) is 5.55. The van der Waals surface area contributed by atoms with Gasteiger partial charge in [0.2, 0.25) is 0 Å². The van der Waals surface area contributed by atoms with Gasteiger partial charge in [-0.1, -0.05) is 27.2 Å². The molecule has 0 aromatic carbocycles. The molecule has 0 amide bonds. The zero-order valence-corrected chi connectivity index (χ0v) is 11.2. The first-order valence-electron chi connectivity index (χ1n) is 6.33. The Hall–Kier alpha value is -1.65. The predicted molar refractivity (Wildman–Crippen MR) is 70.6 cm³/mol. The molecule has 0 fully saturated rings.